The van der Waals surface area contributed by atoms with Crippen LogP contribution in [0.2, 0.25) is 0 Å². The van der Waals surface area contributed by atoms with Gasteiger partial charge in [-0.25, -0.2) is 0 Å². The zero-order valence-electron chi connectivity index (χ0n) is 32.1. The molecule has 0 aromatic heterocycles. The van der Waals surface area contributed by atoms with Crippen molar-refractivity contribution in [2.45, 2.75) is 141 Å². The molecule has 0 aliphatic rings. The number of quaternary nitrogens is 1. The number of benzene rings is 2. The quantitative estimate of drug-likeness (QED) is 0.0333. The van der Waals surface area contributed by atoms with Crippen LogP contribution in [0, 0.1) is 0 Å². The van der Waals surface area contributed by atoms with E-state index in [1.165, 1.54) is 19.3 Å². The molecule has 1 unspecified atom stereocenters. The van der Waals surface area contributed by atoms with E-state index in [1.54, 1.807) is 0 Å². The van der Waals surface area contributed by atoms with Crippen molar-refractivity contribution in [2.24, 2.45) is 0 Å². The summed E-state index contributed by atoms with van der Waals surface area (Å²) in [5.41, 5.74) is 2.04. The maximum Gasteiger partial charge on any atom is 0.306 e. The zero-order chi connectivity index (χ0) is 36.8. The van der Waals surface area contributed by atoms with Crippen LogP contribution in [0.25, 0.3) is 0 Å². The van der Waals surface area contributed by atoms with Crippen molar-refractivity contribution in [1.82, 2.24) is 0 Å². The van der Waals surface area contributed by atoms with Gasteiger partial charge < -0.3 is 23.4 Å². The summed E-state index contributed by atoms with van der Waals surface area (Å²) in [4.78, 5) is 36.5. The van der Waals surface area contributed by atoms with Crippen LogP contribution in [0.1, 0.15) is 133 Å². The van der Waals surface area contributed by atoms with Crippen LogP contribution in [0.15, 0.2) is 60.7 Å². The van der Waals surface area contributed by atoms with Crippen LogP contribution in [-0.4, -0.2) is 69.4 Å². The maximum absolute atomic E-state index is 12.6. The molecule has 0 N–H and O–H groups in total. The van der Waals surface area contributed by atoms with Crippen molar-refractivity contribution in [2.75, 3.05) is 40.9 Å². The van der Waals surface area contributed by atoms with Gasteiger partial charge in [0, 0.05) is 25.9 Å². The van der Waals surface area contributed by atoms with E-state index in [2.05, 4.69) is 21.1 Å². The highest BCUT2D eigenvalue weighted by atomic mass is 16.6. The summed E-state index contributed by atoms with van der Waals surface area (Å²) in [6.07, 6.45) is 18.4. The number of carbonyl (C=O) groups is 3. The normalized spacial score (nSPS) is 12.0. The Morgan fingerprint density at radius 2 is 0.882 bits per heavy atom. The molecular formula is C43H68NO7+. The number of esters is 3. The topological polar surface area (TPSA) is 88.1 Å². The van der Waals surface area contributed by atoms with Gasteiger partial charge in [0.2, 0.25) is 0 Å². The Balaban J connectivity index is 1.39. The average molecular weight is 711 g/mol. The molecule has 0 bridgehead atoms. The lowest BCUT2D eigenvalue weighted by atomic mass is 10.1. The fraction of sp³-hybridized carbons (Fsp3) is 0.651. The Hall–Kier alpha value is -3.23. The number of likely N-dealkylation sites (N-methyl/N-ethyl adjacent to an activating group) is 1. The number of nitrogens with zero attached hydrogens (tertiary/aromatic N) is 1. The van der Waals surface area contributed by atoms with Crippen molar-refractivity contribution in [3.63, 3.8) is 0 Å². The largest absolute Gasteiger partial charge is 0.461 e. The van der Waals surface area contributed by atoms with Crippen LogP contribution in [-0.2, 0) is 46.5 Å². The minimum absolute atomic E-state index is 0.111. The van der Waals surface area contributed by atoms with E-state index in [0.717, 1.165) is 101 Å². The number of carbonyl (C=O) groups excluding carboxylic acids is 3. The summed E-state index contributed by atoms with van der Waals surface area (Å²) < 4.78 is 23.2. The summed E-state index contributed by atoms with van der Waals surface area (Å²) >= 11 is 0. The van der Waals surface area contributed by atoms with Crippen molar-refractivity contribution >= 4 is 17.9 Å². The average Bonchev–Trinajstić information content (AvgIpc) is 3.11. The van der Waals surface area contributed by atoms with Crippen molar-refractivity contribution in [1.29, 1.82) is 0 Å². The standard InChI is InChI=1S/C43H68NO7/c1-44(2,3)34-40(37-48-33-25-15-11-7-6-9-13-23-31-42(46)50-36-39-28-20-17-21-29-39)51-43(47)32-24-14-10-5-4-8-12-22-30-41(45)49-35-38-26-18-16-19-27-38/h16-21,26-29,40H,4-15,22-25,30-37H2,1-3H3/q+1. The molecule has 0 spiro atoms. The fourth-order valence-electron chi connectivity index (χ4n) is 5.95. The van der Waals surface area contributed by atoms with E-state index in [9.17, 15) is 14.4 Å². The van der Waals surface area contributed by atoms with Crippen molar-refractivity contribution < 1.29 is 37.8 Å². The van der Waals surface area contributed by atoms with Crippen LogP contribution in [0.4, 0.5) is 0 Å². The van der Waals surface area contributed by atoms with Gasteiger partial charge in [-0.3, -0.25) is 14.4 Å². The van der Waals surface area contributed by atoms with Crippen molar-refractivity contribution in [3.8, 4) is 0 Å². The second-order valence-corrected chi connectivity index (χ2v) is 14.9. The molecule has 8 nitrogen and oxygen atoms in total. The van der Waals surface area contributed by atoms with Crippen LogP contribution in [0.3, 0.4) is 0 Å². The number of rotatable bonds is 31. The number of hydrogen-bond acceptors (Lipinski definition) is 7. The minimum atomic E-state index is -0.233. The van der Waals surface area contributed by atoms with E-state index < -0.39 is 0 Å². The Bertz CT molecular complexity index is 1170. The summed E-state index contributed by atoms with van der Waals surface area (Å²) in [7, 11) is 6.32. The third-order valence-corrected chi connectivity index (χ3v) is 8.77. The highest BCUT2D eigenvalue weighted by molar-refractivity contribution is 5.70. The zero-order valence-corrected chi connectivity index (χ0v) is 32.1. The summed E-state index contributed by atoms with van der Waals surface area (Å²) in [5.74, 6) is -0.357. The van der Waals surface area contributed by atoms with Gasteiger partial charge in [0.05, 0.1) is 27.7 Å². The minimum Gasteiger partial charge on any atom is -0.461 e. The van der Waals surface area contributed by atoms with E-state index in [4.69, 9.17) is 18.9 Å². The fourth-order valence-corrected chi connectivity index (χ4v) is 5.95. The predicted molar refractivity (Wildman–Crippen MR) is 204 cm³/mol. The van der Waals surface area contributed by atoms with Crippen molar-refractivity contribution in [3.05, 3.63) is 71.8 Å². The molecule has 8 heteroatoms. The second kappa shape index (κ2) is 28.4. The monoisotopic (exact) mass is 710 g/mol. The highest BCUT2D eigenvalue weighted by Gasteiger charge is 2.22. The first kappa shape index (κ1) is 43.9. The lowest BCUT2D eigenvalue weighted by molar-refractivity contribution is -0.873. The van der Waals surface area contributed by atoms with Gasteiger partial charge in [0.15, 0.2) is 6.10 Å². The van der Waals surface area contributed by atoms with E-state index in [0.29, 0.717) is 50.2 Å². The molecule has 2 aromatic carbocycles. The predicted octanol–water partition coefficient (Wildman–Crippen LogP) is 9.52. The molecule has 0 radical (unpaired) electrons. The molecule has 0 saturated carbocycles. The molecule has 0 saturated heterocycles. The van der Waals surface area contributed by atoms with Gasteiger partial charge >= 0.3 is 17.9 Å². The molecule has 2 aromatic rings. The lowest BCUT2D eigenvalue weighted by Crippen LogP contribution is -2.44. The molecule has 0 aliphatic heterocycles. The van der Waals surface area contributed by atoms with Gasteiger partial charge in [-0.1, -0.05) is 138 Å². The van der Waals surface area contributed by atoms with E-state index in [-0.39, 0.29) is 24.0 Å². The Labute approximate surface area is 309 Å². The SMILES string of the molecule is C[N+](C)(C)CC(COCCCCCCCCCCC(=O)OCc1ccccc1)OC(=O)CCCCCCCCCCC(=O)OCc1ccccc1. The first-order chi connectivity index (χ1) is 24.7. The smallest absolute Gasteiger partial charge is 0.306 e. The summed E-state index contributed by atoms with van der Waals surface area (Å²) in [5, 5.41) is 0. The Kier molecular flexibility index (Phi) is 24.4. The first-order valence-corrected chi connectivity index (χ1v) is 19.7. The molecule has 286 valence electrons. The van der Waals surface area contributed by atoms with Gasteiger partial charge in [0.1, 0.15) is 19.8 Å². The summed E-state index contributed by atoms with van der Waals surface area (Å²) in [6, 6.07) is 19.6. The molecule has 2 rings (SSSR count). The van der Waals surface area contributed by atoms with Crippen LogP contribution >= 0.6 is 0 Å². The molecule has 0 heterocycles. The van der Waals surface area contributed by atoms with Gasteiger partial charge in [-0.15, -0.1) is 0 Å². The lowest BCUT2D eigenvalue weighted by Gasteiger charge is -2.29. The van der Waals surface area contributed by atoms with Crippen LogP contribution in [0.5, 0.6) is 0 Å². The number of ether oxygens (including phenoxy) is 4. The third kappa shape index (κ3) is 26.2. The maximum atomic E-state index is 12.6. The van der Waals surface area contributed by atoms with Gasteiger partial charge in [-0.05, 0) is 36.8 Å². The second-order valence-electron chi connectivity index (χ2n) is 14.9. The highest BCUT2D eigenvalue weighted by Crippen LogP contribution is 2.14. The van der Waals surface area contributed by atoms with E-state index in [1.807, 2.05) is 60.7 Å². The number of unbranched alkanes of at least 4 members (excludes halogenated alkanes) is 14. The molecule has 51 heavy (non-hydrogen) atoms. The first-order valence-electron chi connectivity index (χ1n) is 19.7. The molecule has 0 fully saturated rings. The molecular weight excluding hydrogens is 642 g/mol. The third-order valence-electron chi connectivity index (χ3n) is 8.77. The Morgan fingerprint density at radius 3 is 1.29 bits per heavy atom. The summed E-state index contributed by atoms with van der Waals surface area (Å²) in [6.45, 7) is 2.56. The van der Waals surface area contributed by atoms with E-state index >= 15 is 0 Å². The van der Waals surface area contributed by atoms with Crippen LogP contribution < -0.4 is 0 Å². The Morgan fingerprint density at radius 1 is 0.510 bits per heavy atom. The van der Waals surface area contributed by atoms with Gasteiger partial charge in [-0.2, -0.15) is 0 Å². The molecule has 0 amide bonds. The molecule has 1 atom stereocenters. The molecule has 0 aliphatic carbocycles. The van der Waals surface area contributed by atoms with Gasteiger partial charge in [0.25, 0.3) is 0 Å². The number of hydrogen-bond donors (Lipinski definition) is 0.